The Morgan fingerprint density at radius 3 is 3.00 bits per heavy atom. The van der Waals surface area contributed by atoms with Gasteiger partial charge in [0.15, 0.2) is 0 Å². The molecule has 76 valence electrons. The molecule has 2 rings (SSSR count). The SMILES string of the molecule is CC1CCC(O)CN1c1ccccn1. The van der Waals surface area contributed by atoms with Crippen LogP contribution in [0.1, 0.15) is 19.8 Å². The summed E-state index contributed by atoms with van der Waals surface area (Å²) in [6.45, 7) is 2.89. The predicted octanol–water partition coefficient (Wildman–Crippen LogP) is 1.43. The number of β-amino-alcohol motifs (C(OH)–C–C–N with tert-alkyl or cyclic N) is 1. The highest BCUT2D eigenvalue weighted by Crippen LogP contribution is 2.22. The monoisotopic (exact) mass is 192 g/mol. The number of aliphatic hydroxyl groups excluding tert-OH is 1. The van der Waals surface area contributed by atoms with Crippen molar-refractivity contribution in [2.24, 2.45) is 0 Å². The second kappa shape index (κ2) is 3.96. The van der Waals surface area contributed by atoms with Crippen molar-refractivity contribution in [2.45, 2.75) is 31.9 Å². The molecule has 2 unspecified atom stereocenters. The molecule has 1 fully saturated rings. The average Bonchev–Trinajstić information content (AvgIpc) is 2.23. The summed E-state index contributed by atoms with van der Waals surface area (Å²) < 4.78 is 0. The van der Waals surface area contributed by atoms with E-state index in [1.165, 1.54) is 0 Å². The molecule has 1 aromatic heterocycles. The lowest BCUT2D eigenvalue weighted by Crippen LogP contribution is -2.44. The van der Waals surface area contributed by atoms with Crippen LogP contribution < -0.4 is 4.90 Å². The molecule has 14 heavy (non-hydrogen) atoms. The smallest absolute Gasteiger partial charge is 0.128 e. The molecule has 0 saturated carbocycles. The number of pyridine rings is 1. The molecule has 0 spiro atoms. The standard InChI is InChI=1S/C11H16N2O/c1-9-5-6-10(14)8-13(9)11-4-2-3-7-12-11/h2-4,7,9-10,14H,5-6,8H2,1H3. The summed E-state index contributed by atoms with van der Waals surface area (Å²) in [4.78, 5) is 6.48. The van der Waals surface area contributed by atoms with Gasteiger partial charge in [0.25, 0.3) is 0 Å². The van der Waals surface area contributed by atoms with Gasteiger partial charge in [-0.15, -0.1) is 0 Å². The van der Waals surface area contributed by atoms with E-state index in [2.05, 4.69) is 16.8 Å². The van der Waals surface area contributed by atoms with Gasteiger partial charge in [0.05, 0.1) is 6.10 Å². The molecule has 0 aromatic carbocycles. The van der Waals surface area contributed by atoms with Crippen molar-refractivity contribution in [2.75, 3.05) is 11.4 Å². The van der Waals surface area contributed by atoms with E-state index in [1.54, 1.807) is 6.20 Å². The van der Waals surface area contributed by atoms with Gasteiger partial charge in [-0.2, -0.15) is 0 Å². The Morgan fingerprint density at radius 2 is 2.29 bits per heavy atom. The fraction of sp³-hybridized carbons (Fsp3) is 0.545. The molecule has 0 bridgehead atoms. The van der Waals surface area contributed by atoms with Crippen LogP contribution in [0.25, 0.3) is 0 Å². The maximum Gasteiger partial charge on any atom is 0.128 e. The zero-order chi connectivity index (χ0) is 9.97. The highest BCUT2D eigenvalue weighted by atomic mass is 16.3. The van der Waals surface area contributed by atoms with Crippen molar-refractivity contribution in [1.29, 1.82) is 0 Å². The summed E-state index contributed by atoms with van der Waals surface area (Å²) in [5.74, 6) is 0.971. The van der Waals surface area contributed by atoms with Crippen LogP contribution in [0.3, 0.4) is 0 Å². The fourth-order valence-corrected chi connectivity index (χ4v) is 1.93. The fourth-order valence-electron chi connectivity index (χ4n) is 1.93. The Hall–Kier alpha value is -1.09. The lowest BCUT2D eigenvalue weighted by molar-refractivity contribution is 0.143. The molecule has 2 heterocycles. The molecule has 2 atom stereocenters. The van der Waals surface area contributed by atoms with Crippen LogP contribution in [0.15, 0.2) is 24.4 Å². The summed E-state index contributed by atoms with van der Waals surface area (Å²) in [6.07, 6.45) is 3.54. The summed E-state index contributed by atoms with van der Waals surface area (Å²) in [5.41, 5.74) is 0. The Bertz CT molecular complexity index is 289. The van der Waals surface area contributed by atoms with E-state index in [4.69, 9.17) is 0 Å². The number of anilines is 1. The molecule has 3 nitrogen and oxygen atoms in total. The van der Waals surface area contributed by atoms with Crippen molar-refractivity contribution >= 4 is 5.82 Å². The molecule has 0 amide bonds. The van der Waals surface area contributed by atoms with Gasteiger partial charge in [-0.05, 0) is 31.9 Å². The molecule has 1 saturated heterocycles. The first-order valence-electron chi connectivity index (χ1n) is 5.13. The van der Waals surface area contributed by atoms with Crippen molar-refractivity contribution in [1.82, 2.24) is 4.98 Å². The highest BCUT2D eigenvalue weighted by molar-refractivity contribution is 5.39. The van der Waals surface area contributed by atoms with Gasteiger partial charge in [0.2, 0.25) is 0 Å². The third-order valence-electron chi connectivity index (χ3n) is 2.80. The Morgan fingerprint density at radius 1 is 1.43 bits per heavy atom. The van der Waals surface area contributed by atoms with Gasteiger partial charge in [0.1, 0.15) is 5.82 Å². The minimum Gasteiger partial charge on any atom is -0.391 e. The maximum atomic E-state index is 9.59. The van der Waals surface area contributed by atoms with E-state index < -0.39 is 0 Å². The Labute approximate surface area is 84.4 Å². The van der Waals surface area contributed by atoms with Gasteiger partial charge in [-0.1, -0.05) is 6.07 Å². The molecule has 0 radical (unpaired) electrons. The number of aromatic nitrogens is 1. The number of nitrogens with zero attached hydrogens (tertiary/aromatic N) is 2. The first kappa shape index (κ1) is 9.46. The maximum absolute atomic E-state index is 9.59. The third kappa shape index (κ3) is 1.87. The first-order chi connectivity index (χ1) is 6.77. The number of piperidine rings is 1. The lowest BCUT2D eigenvalue weighted by Gasteiger charge is -2.36. The second-order valence-electron chi connectivity index (χ2n) is 3.92. The molecule has 1 N–H and O–H groups in total. The molecular formula is C11H16N2O. The van der Waals surface area contributed by atoms with Crippen LogP contribution in [0.2, 0.25) is 0 Å². The Kier molecular flexibility index (Phi) is 2.68. The average molecular weight is 192 g/mol. The molecule has 3 heteroatoms. The first-order valence-corrected chi connectivity index (χ1v) is 5.13. The van der Waals surface area contributed by atoms with Crippen molar-refractivity contribution < 1.29 is 5.11 Å². The molecule has 1 aliphatic heterocycles. The largest absolute Gasteiger partial charge is 0.391 e. The number of hydrogen-bond donors (Lipinski definition) is 1. The van der Waals surface area contributed by atoms with Crippen molar-refractivity contribution in [3.05, 3.63) is 24.4 Å². The minimum atomic E-state index is -0.201. The van der Waals surface area contributed by atoms with Gasteiger partial charge in [0, 0.05) is 18.8 Å². The zero-order valence-electron chi connectivity index (χ0n) is 8.43. The molecule has 0 aliphatic carbocycles. The summed E-state index contributed by atoms with van der Waals surface area (Å²) in [6, 6.07) is 6.37. The van der Waals surface area contributed by atoms with Crippen molar-refractivity contribution in [3.8, 4) is 0 Å². The van der Waals surface area contributed by atoms with Gasteiger partial charge < -0.3 is 10.0 Å². The summed E-state index contributed by atoms with van der Waals surface area (Å²) >= 11 is 0. The quantitative estimate of drug-likeness (QED) is 0.731. The third-order valence-corrected chi connectivity index (χ3v) is 2.80. The number of hydrogen-bond acceptors (Lipinski definition) is 3. The van der Waals surface area contributed by atoms with E-state index in [9.17, 15) is 5.11 Å². The molecular weight excluding hydrogens is 176 g/mol. The minimum absolute atomic E-state index is 0.201. The van der Waals surface area contributed by atoms with E-state index >= 15 is 0 Å². The lowest BCUT2D eigenvalue weighted by atomic mass is 10.0. The summed E-state index contributed by atoms with van der Waals surface area (Å²) in [7, 11) is 0. The van der Waals surface area contributed by atoms with Crippen LogP contribution in [-0.4, -0.2) is 28.8 Å². The molecule has 1 aromatic rings. The van der Waals surface area contributed by atoms with Gasteiger partial charge in [-0.3, -0.25) is 0 Å². The Balaban J connectivity index is 2.16. The van der Waals surface area contributed by atoms with E-state index in [0.29, 0.717) is 12.6 Å². The number of aliphatic hydroxyl groups is 1. The second-order valence-corrected chi connectivity index (χ2v) is 3.92. The highest BCUT2D eigenvalue weighted by Gasteiger charge is 2.24. The topological polar surface area (TPSA) is 36.4 Å². The number of rotatable bonds is 1. The summed E-state index contributed by atoms with van der Waals surface area (Å²) in [5, 5.41) is 9.59. The predicted molar refractivity (Wildman–Crippen MR) is 56.3 cm³/mol. The van der Waals surface area contributed by atoms with Crippen molar-refractivity contribution in [3.63, 3.8) is 0 Å². The van der Waals surface area contributed by atoms with E-state index in [1.807, 2.05) is 18.2 Å². The van der Waals surface area contributed by atoms with Crippen LogP contribution in [0, 0.1) is 0 Å². The molecule has 1 aliphatic rings. The van der Waals surface area contributed by atoms with Crippen LogP contribution >= 0.6 is 0 Å². The van der Waals surface area contributed by atoms with Crippen LogP contribution in [0.4, 0.5) is 5.82 Å². The van der Waals surface area contributed by atoms with E-state index in [0.717, 1.165) is 18.7 Å². The van der Waals surface area contributed by atoms with Crippen LogP contribution in [0.5, 0.6) is 0 Å². The normalized spacial score (nSPS) is 27.7. The van der Waals surface area contributed by atoms with E-state index in [-0.39, 0.29) is 6.10 Å². The van der Waals surface area contributed by atoms with Gasteiger partial charge in [-0.25, -0.2) is 4.98 Å². The van der Waals surface area contributed by atoms with Crippen LogP contribution in [-0.2, 0) is 0 Å². The zero-order valence-corrected chi connectivity index (χ0v) is 8.43. The van der Waals surface area contributed by atoms with Gasteiger partial charge >= 0.3 is 0 Å².